The number of fused-ring (bicyclic) bond motifs is 1. The van der Waals surface area contributed by atoms with Gasteiger partial charge < -0.3 is 5.32 Å². The second-order valence-electron chi connectivity index (χ2n) is 4.50. The first kappa shape index (κ1) is 14.5. The summed E-state index contributed by atoms with van der Waals surface area (Å²) in [5.41, 5.74) is 0. The van der Waals surface area contributed by atoms with E-state index in [-0.39, 0.29) is 17.8 Å². The topological polar surface area (TPSA) is 29.1 Å². The van der Waals surface area contributed by atoms with Gasteiger partial charge in [0.2, 0.25) is 0 Å². The summed E-state index contributed by atoms with van der Waals surface area (Å²) in [5, 5.41) is 4.81. The molecule has 2 aromatic rings. The molecular formula is C14H15BrFNOS. The molecular weight excluding hydrogens is 329 g/mol. The third-order valence-electron chi connectivity index (χ3n) is 2.85. The summed E-state index contributed by atoms with van der Waals surface area (Å²) in [4.78, 5) is 12.7. The summed E-state index contributed by atoms with van der Waals surface area (Å²) in [5.74, 6) is -0.351. The van der Waals surface area contributed by atoms with Crippen LogP contribution in [0.2, 0.25) is 0 Å². The number of halogens is 2. The van der Waals surface area contributed by atoms with E-state index in [9.17, 15) is 9.18 Å². The highest BCUT2D eigenvalue weighted by Crippen LogP contribution is 2.26. The van der Waals surface area contributed by atoms with Crippen molar-refractivity contribution in [1.29, 1.82) is 0 Å². The van der Waals surface area contributed by atoms with Crippen molar-refractivity contribution in [3.05, 3.63) is 35.0 Å². The highest BCUT2D eigenvalue weighted by Gasteiger charge is 2.13. The van der Waals surface area contributed by atoms with Gasteiger partial charge in [0.15, 0.2) is 0 Å². The maximum absolute atomic E-state index is 13.1. The summed E-state index contributed by atoms with van der Waals surface area (Å²) in [7, 11) is 0. The quantitative estimate of drug-likeness (QED) is 0.804. The molecule has 0 saturated carbocycles. The predicted octanol–water partition coefficient (Wildman–Crippen LogP) is 4.33. The normalized spacial score (nSPS) is 12.6. The van der Waals surface area contributed by atoms with E-state index in [0.717, 1.165) is 28.3 Å². The Morgan fingerprint density at radius 3 is 3.00 bits per heavy atom. The summed E-state index contributed by atoms with van der Waals surface area (Å²) in [6.07, 6.45) is 1.97. The highest BCUT2D eigenvalue weighted by molar-refractivity contribution is 9.09. The molecule has 1 atom stereocenters. The number of carbonyl (C=O) groups is 1. The van der Waals surface area contributed by atoms with Crippen molar-refractivity contribution in [2.75, 3.05) is 5.33 Å². The lowest BCUT2D eigenvalue weighted by Crippen LogP contribution is -2.31. The molecule has 1 aromatic carbocycles. The van der Waals surface area contributed by atoms with Gasteiger partial charge >= 0.3 is 0 Å². The number of carbonyl (C=O) groups excluding carboxylic acids is 1. The molecule has 0 spiro atoms. The van der Waals surface area contributed by atoms with Crippen LogP contribution in [0.1, 0.15) is 29.4 Å². The van der Waals surface area contributed by atoms with Crippen molar-refractivity contribution < 1.29 is 9.18 Å². The van der Waals surface area contributed by atoms with Gasteiger partial charge in [-0.3, -0.25) is 4.79 Å². The summed E-state index contributed by atoms with van der Waals surface area (Å²) < 4.78 is 13.9. The van der Waals surface area contributed by atoms with Gasteiger partial charge in [-0.15, -0.1) is 11.3 Å². The van der Waals surface area contributed by atoms with Gasteiger partial charge in [-0.25, -0.2) is 4.39 Å². The Labute approximate surface area is 124 Å². The fraction of sp³-hybridized carbons (Fsp3) is 0.357. The Balaban J connectivity index is 2.08. The van der Waals surface area contributed by atoms with E-state index in [1.807, 2.05) is 13.0 Å². The lowest BCUT2D eigenvalue weighted by molar-refractivity contribution is 0.0942. The zero-order valence-corrected chi connectivity index (χ0v) is 13.0. The van der Waals surface area contributed by atoms with Crippen molar-refractivity contribution in [2.45, 2.75) is 25.8 Å². The largest absolute Gasteiger partial charge is 0.349 e. The van der Waals surface area contributed by atoms with E-state index in [1.54, 1.807) is 6.07 Å². The maximum atomic E-state index is 13.1. The van der Waals surface area contributed by atoms with Crippen LogP contribution in [-0.2, 0) is 0 Å². The second-order valence-corrected chi connectivity index (χ2v) is 6.38. The van der Waals surface area contributed by atoms with E-state index in [4.69, 9.17) is 0 Å². The third kappa shape index (κ3) is 3.76. The lowest BCUT2D eigenvalue weighted by Gasteiger charge is -2.11. The van der Waals surface area contributed by atoms with Crippen molar-refractivity contribution in [3.63, 3.8) is 0 Å². The molecule has 0 fully saturated rings. The van der Waals surface area contributed by atoms with Gasteiger partial charge in [-0.05, 0) is 43.4 Å². The van der Waals surface area contributed by atoms with E-state index >= 15 is 0 Å². The van der Waals surface area contributed by atoms with Gasteiger partial charge in [-0.2, -0.15) is 0 Å². The van der Waals surface area contributed by atoms with Crippen molar-refractivity contribution in [1.82, 2.24) is 5.32 Å². The van der Waals surface area contributed by atoms with Crippen LogP contribution in [0.5, 0.6) is 0 Å². The molecule has 0 saturated heterocycles. The number of alkyl halides is 1. The zero-order chi connectivity index (χ0) is 13.8. The van der Waals surface area contributed by atoms with Gasteiger partial charge in [0.25, 0.3) is 5.91 Å². The Morgan fingerprint density at radius 2 is 2.26 bits per heavy atom. The number of rotatable bonds is 5. The standard InChI is InChI=1S/C14H15BrFNOS/c1-9(3-2-6-15)17-14(18)13-7-10-4-5-11(16)8-12(10)19-13/h4-5,7-9H,2-3,6H2,1H3,(H,17,18). The number of benzene rings is 1. The Hall–Kier alpha value is -0.940. The molecule has 5 heteroatoms. The monoisotopic (exact) mass is 343 g/mol. The molecule has 0 aliphatic carbocycles. The van der Waals surface area contributed by atoms with Gasteiger partial charge in [0, 0.05) is 16.1 Å². The first-order valence-electron chi connectivity index (χ1n) is 6.16. The van der Waals surface area contributed by atoms with Crippen LogP contribution >= 0.6 is 27.3 Å². The first-order valence-corrected chi connectivity index (χ1v) is 8.10. The fourth-order valence-corrected chi connectivity index (χ4v) is 3.18. The summed E-state index contributed by atoms with van der Waals surface area (Å²) >= 11 is 4.70. The molecule has 102 valence electrons. The minimum Gasteiger partial charge on any atom is -0.349 e. The van der Waals surface area contributed by atoms with Crippen LogP contribution in [-0.4, -0.2) is 17.3 Å². The van der Waals surface area contributed by atoms with Crippen LogP contribution in [0, 0.1) is 5.82 Å². The third-order valence-corrected chi connectivity index (χ3v) is 4.51. The molecule has 1 amide bonds. The minimum absolute atomic E-state index is 0.0799. The second kappa shape index (κ2) is 6.48. The van der Waals surface area contributed by atoms with Crippen molar-refractivity contribution in [2.24, 2.45) is 0 Å². The van der Waals surface area contributed by atoms with E-state index < -0.39 is 0 Å². The first-order chi connectivity index (χ1) is 9.10. The summed E-state index contributed by atoms with van der Waals surface area (Å²) in [6, 6.07) is 6.53. The van der Waals surface area contributed by atoms with Crippen LogP contribution in [0.3, 0.4) is 0 Å². The van der Waals surface area contributed by atoms with Gasteiger partial charge in [0.05, 0.1) is 4.88 Å². The molecule has 2 rings (SSSR count). The highest BCUT2D eigenvalue weighted by atomic mass is 79.9. The number of hydrogen-bond donors (Lipinski definition) is 1. The SMILES string of the molecule is CC(CCCBr)NC(=O)c1cc2ccc(F)cc2s1. The molecule has 0 aliphatic rings. The van der Waals surface area contributed by atoms with E-state index in [2.05, 4.69) is 21.2 Å². The molecule has 2 nitrogen and oxygen atoms in total. The Kier molecular flexibility index (Phi) is 4.93. The van der Waals surface area contributed by atoms with Crippen LogP contribution < -0.4 is 5.32 Å². The molecule has 19 heavy (non-hydrogen) atoms. The van der Waals surface area contributed by atoms with Crippen LogP contribution in [0.25, 0.3) is 10.1 Å². The maximum Gasteiger partial charge on any atom is 0.261 e. The number of hydrogen-bond acceptors (Lipinski definition) is 2. The predicted molar refractivity (Wildman–Crippen MR) is 81.7 cm³/mol. The molecule has 1 unspecified atom stereocenters. The molecule has 1 heterocycles. The molecule has 0 aliphatic heterocycles. The molecule has 0 radical (unpaired) electrons. The number of nitrogens with one attached hydrogen (secondary N) is 1. The Bertz CT molecular complexity index is 584. The van der Waals surface area contributed by atoms with Crippen LogP contribution in [0.15, 0.2) is 24.3 Å². The molecule has 1 aromatic heterocycles. The van der Waals surface area contributed by atoms with Gasteiger partial charge in [-0.1, -0.05) is 22.0 Å². The lowest BCUT2D eigenvalue weighted by atomic mass is 10.2. The van der Waals surface area contributed by atoms with Crippen molar-refractivity contribution in [3.8, 4) is 0 Å². The van der Waals surface area contributed by atoms with Crippen molar-refractivity contribution >= 4 is 43.3 Å². The molecule has 1 N–H and O–H groups in total. The number of thiophene rings is 1. The molecule has 0 bridgehead atoms. The summed E-state index contributed by atoms with van der Waals surface area (Å²) in [6.45, 7) is 1.99. The Morgan fingerprint density at radius 1 is 1.47 bits per heavy atom. The minimum atomic E-state index is -0.271. The van der Waals surface area contributed by atoms with Gasteiger partial charge in [0.1, 0.15) is 5.82 Å². The van der Waals surface area contributed by atoms with E-state index in [0.29, 0.717) is 4.88 Å². The van der Waals surface area contributed by atoms with Crippen LogP contribution in [0.4, 0.5) is 4.39 Å². The fourth-order valence-electron chi connectivity index (χ4n) is 1.87. The average molecular weight is 344 g/mol. The smallest absolute Gasteiger partial charge is 0.261 e. The van der Waals surface area contributed by atoms with E-state index in [1.165, 1.54) is 23.5 Å². The zero-order valence-electron chi connectivity index (χ0n) is 10.6. The number of amides is 1. The average Bonchev–Trinajstić information content (AvgIpc) is 2.79.